The average Bonchev–Trinajstić information content (AvgIpc) is 3.54. The number of carbonyl (C=O) groups is 1. The van der Waals surface area contributed by atoms with Crippen molar-refractivity contribution in [1.29, 1.82) is 0 Å². The van der Waals surface area contributed by atoms with Crippen LogP contribution in [0.1, 0.15) is 73.0 Å². The lowest BCUT2D eigenvalue weighted by Gasteiger charge is -2.36. The van der Waals surface area contributed by atoms with Crippen LogP contribution in [0.25, 0.3) is 27.9 Å². The Bertz CT molecular complexity index is 1750. The van der Waals surface area contributed by atoms with E-state index < -0.39 is 41.1 Å². The molecule has 1 aliphatic carbocycles. The third-order valence-corrected chi connectivity index (χ3v) is 8.56. The quantitative estimate of drug-likeness (QED) is 0.206. The molecule has 45 heavy (non-hydrogen) atoms. The molecule has 0 spiro atoms. The summed E-state index contributed by atoms with van der Waals surface area (Å²) >= 11 is 0. The predicted molar refractivity (Wildman–Crippen MR) is 154 cm³/mol. The standard InChI is InChI=1S/C32H30F6N4O3/c1-17-29(18(2)45-40-17)19-7-12-26-25(13-19)39-30(42(26)22-8-10-24(44-3)11-9-22)27-5-4-6-28(43)41(27)23-15-20(31(33,34)35)14-21(16-23)32(36,37)38/h7-8,12-16,24,27H,4-6,9-11H2,1-3H3/t24-,27-/m0/s1. The first-order valence-electron chi connectivity index (χ1n) is 14.6. The number of allylic oxidation sites excluding steroid dienone is 1. The first kappa shape index (κ1) is 30.9. The number of alkyl halides is 6. The minimum atomic E-state index is -5.06. The summed E-state index contributed by atoms with van der Waals surface area (Å²) < 4.78 is 95.7. The number of methoxy groups -OCH3 is 1. The summed E-state index contributed by atoms with van der Waals surface area (Å²) in [6.45, 7) is 3.60. The largest absolute Gasteiger partial charge is 0.416 e. The third-order valence-electron chi connectivity index (χ3n) is 8.56. The van der Waals surface area contributed by atoms with Crippen molar-refractivity contribution in [3.8, 4) is 11.1 Å². The highest BCUT2D eigenvalue weighted by Crippen LogP contribution is 2.44. The second-order valence-electron chi connectivity index (χ2n) is 11.5. The number of imidazole rings is 1. The number of fused-ring (bicyclic) bond motifs is 1. The van der Waals surface area contributed by atoms with Gasteiger partial charge in [-0.3, -0.25) is 9.36 Å². The van der Waals surface area contributed by atoms with Crippen LogP contribution < -0.4 is 4.90 Å². The molecule has 2 atom stereocenters. The Morgan fingerprint density at radius 1 is 0.956 bits per heavy atom. The molecule has 2 aromatic heterocycles. The van der Waals surface area contributed by atoms with E-state index in [0.717, 1.165) is 21.7 Å². The maximum Gasteiger partial charge on any atom is 0.416 e. The van der Waals surface area contributed by atoms with Crippen LogP contribution in [0.4, 0.5) is 32.0 Å². The zero-order valence-electron chi connectivity index (χ0n) is 24.7. The van der Waals surface area contributed by atoms with E-state index in [4.69, 9.17) is 14.2 Å². The summed E-state index contributed by atoms with van der Waals surface area (Å²) in [4.78, 5) is 19.4. The van der Waals surface area contributed by atoms with Crippen LogP contribution in [0.3, 0.4) is 0 Å². The molecule has 0 saturated carbocycles. The number of carbonyl (C=O) groups excluding carboxylic acids is 1. The summed E-state index contributed by atoms with van der Waals surface area (Å²) in [7, 11) is 1.63. The molecule has 3 heterocycles. The van der Waals surface area contributed by atoms with Gasteiger partial charge >= 0.3 is 12.4 Å². The summed E-state index contributed by atoms with van der Waals surface area (Å²) in [5.41, 5.74) is 0.937. The number of halogens is 6. The molecule has 0 N–H and O–H groups in total. The summed E-state index contributed by atoms with van der Waals surface area (Å²) in [6.07, 6.45) is -5.54. The van der Waals surface area contributed by atoms with Gasteiger partial charge in [-0.25, -0.2) is 4.98 Å². The van der Waals surface area contributed by atoms with Gasteiger partial charge in [0.25, 0.3) is 0 Å². The van der Waals surface area contributed by atoms with Crippen LogP contribution in [0.2, 0.25) is 0 Å². The van der Waals surface area contributed by atoms with Crippen molar-refractivity contribution >= 4 is 28.3 Å². The molecule has 0 unspecified atom stereocenters. The Hall–Kier alpha value is -4.13. The highest BCUT2D eigenvalue weighted by Gasteiger charge is 2.41. The van der Waals surface area contributed by atoms with Gasteiger partial charge in [0.15, 0.2) is 0 Å². The number of aryl methyl sites for hydroxylation is 2. The van der Waals surface area contributed by atoms with E-state index in [2.05, 4.69) is 5.16 Å². The molecule has 13 heteroatoms. The molecule has 238 valence electrons. The Morgan fingerprint density at radius 2 is 1.67 bits per heavy atom. The van der Waals surface area contributed by atoms with E-state index in [1.165, 1.54) is 0 Å². The molecule has 0 radical (unpaired) electrons. The number of piperidine rings is 1. The van der Waals surface area contributed by atoms with Crippen LogP contribution in [-0.2, 0) is 21.9 Å². The van der Waals surface area contributed by atoms with Crippen LogP contribution in [-0.4, -0.2) is 33.8 Å². The van der Waals surface area contributed by atoms with Crippen molar-refractivity contribution in [1.82, 2.24) is 14.7 Å². The molecule has 1 amide bonds. The number of benzene rings is 2. The molecule has 1 saturated heterocycles. The predicted octanol–water partition coefficient (Wildman–Crippen LogP) is 8.64. The van der Waals surface area contributed by atoms with Crippen LogP contribution >= 0.6 is 0 Å². The molecular weight excluding hydrogens is 602 g/mol. The maximum absolute atomic E-state index is 13.8. The van der Waals surface area contributed by atoms with Crippen molar-refractivity contribution < 1.29 is 40.4 Å². The molecule has 1 fully saturated rings. The Morgan fingerprint density at radius 3 is 2.24 bits per heavy atom. The SMILES string of the molecule is CO[C@H]1CC=C(n2c([C@@H]3CCCC(=O)N3c3cc(C(F)(F)F)cc(C(F)(F)F)c3)nc3cc(-c4c(C)noc4C)ccc32)CC1. The van der Waals surface area contributed by atoms with Gasteiger partial charge in [0.1, 0.15) is 11.6 Å². The van der Waals surface area contributed by atoms with Crippen molar-refractivity contribution in [2.24, 2.45) is 0 Å². The van der Waals surface area contributed by atoms with Gasteiger partial charge < -0.3 is 14.2 Å². The van der Waals surface area contributed by atoms with Gasteiger partial charge in [-0.15, -0.1) is 0 Å². The lowest BCUT2D eigenvalue weighted by molar-refractivity contribution is -0.143. The van der Waals surface area contributed by atoms with E-state index in [-0.39, 0.29) is 25.0 Å². The maximum atomic E-state index is 13.8. The van der Waals surface area contributed by atoms with Crippen LogP contribution in [0.15, 0.2) is 47.0 Å². The van der Waals surface area contributed by atoms with Crippen LogP contribution in [0, 0.1) is 13.8 Å². The third kappa shape index (κ3) is 5.73. The zero-order valence-corrected chi connectivity index (χ0v) is 24.7. The van der Waals surface area contributed by atoms with E-state index >= 15 is 0 Å². The van der Waals surface area contributed by atoms with Gasteiger partial charge in [0, 0.05) is 30.5 Å². The molecule has 1 aliphatic heterocycles. The number of anilines is 1. The molecule has 6 rings (SSSR count). The minimum absolute atomic E-state index is 0.0109. The lowest BCUT2D eigenvalue weighted by atomic mass is 9.97. The number of rotatable bonds is 5. The van der Waals surface area contributed by atoms with E-state index in [1.807, 2.05) is 35.8 Å². The normalized spacial score (nSPS) is 19.8. The Balaban J connectivity index is 1.55. The first-order valence-corrected chi connectivity index (χ1v) is 14.6. The van der Waals surface area contributed by atoms with Gasteiger partial charge in [-0.05, 0) is 81.8 Å². The number of ether oxygens (including phenoxy) is 1. The van der Waals surface area contributed by atoms with Crippen molar-refractivity contribution in [3.63, 3.8) is 0 Å². The van der Waals surface area contributed by atoms with Crippen LogP contribution in [0.5, 0.6) is 0 Å². The topological polar surface area (TPSA) is 73.4 Å². The van der Waals surface area contributed by atoms with Gasteiger partial charge in [-0.1, -0.05) is 17.3 Å². The Kier molecular flexibility index (Phi) is 7.78. The number of hydrogen-bond donors (Lipinski definition) is 0. The summed E-state index contributed by atoms with van der Waals surface area (Å²) in [5.74, 6) is 0.397. The Labute approximate surface area is 254 Å². The molecular formula is C32H30F6N4O3. The number of hydrogen-bond acceptors (Lipinski definition) is 5. The number of amides is 1. The second-order valence-corrected chi connectivity index (χ2v) is 11.5. The molecule has 2 aliphatic rings. The van der Waals surface area contributed by atoms with Crippen molar-refractivity contribution in [3.05, 3.63) is 70.9 Å². The zero-order chi connectivity index (χ0) is 32.3. The fourth-order valence-corrected chi connectivity index (χ4v) is 6.40. The van der Waals surface area contributed by atoms with Crippen molar-refractivity contribution in [2.45, 2.75) is 76.9 Å². The molecule has 4 aromatic rings. The van der Waals surface area contributed by atoms with Crippen molar-refractivity contribution in [2.75, 3.05) is 12.0 Å². The van der Waals surface area contributed by atoms with E-state index in [9.17, 15) is 31.1 Å². The smallest absolute Gasteiger partial charge is 0.381 e. The minimum Gasteiger partial charge on any atom is -0.381 e. The number of nitrogens with zero attached hydrogens (tertiary/aromatic N) is 4. The second kappa shape index (κ2) is 11.3. The van der Waals surface area contributed by atoms with Gasteiger partial charge in [-0.2, -0.15) is 26.3 Å². The highest BCUT2D eigenvalue weighted by molar-refractivity contribution is 5.95. The van der Waals surface area contributed by atoms with Gasteiger partial charge in [0.2, 0.25) is 5.91 Å². The van der Waals surface area contributed by atoms with E-state index in [1.54, 1.807) is 14.0 Å². The average molecular weight is 633 g/mol. The summed E-state index contributed by atoms with van der Waals surface area (Å²) in [6, 6.07) is 5.98. The van der Waals surface area contributed by atoms with Gasteiger partial charge in [0.05, 0.1) is 40.0 Å². The fourth-order valence-electron chi connectivity index (χ4n) is 6.40. The molecule has 0 bridgehead atoms. The fraction of sp³-hybridized carbons (Fsp3) is 0.406. The first-order chi connectivity index (χ1) is 21.3. The van der Waals surface area contributed by atoms with E-state index in [0.29, 0.717) is 66.1 Å². The summed E-state index contributed by atoms with van der Waals surface area (Å²) in [5, 5.41) is 4.03. The highest BCUT2D eigenvalue weighted by atomic mass is 19.4. The molecule has 2 aromatic carbocycles. The molecule has 7 nitrogen and oxygen atoms in total. The monoisotopic (exact) mass is 632 g/mol. The number of aromatic nitrogens is 3. The lowest BCUT2D eigenvalue weighted by Crippen LogP contribution is -2.40.